The maximum atomic E-state index is 11.9. The topological polar surface area (TPSA) is 70.1 Å². The summed E-state index contributed by atoms with van der Waals surface area (Å²) in [6.45, 7) is 0. The lowest BCUT2D eigenvalue weighted by molar-refractivity contribution is 0.0950. The van der Waals surface area contributed by atoms with Gasteiger partial charge in [-0.05, 0) is 35.2 Å². The first-order chi connectivity index (χ1) is 10.7. The van der Waals surface area contributed by atoms with Gasteiger partial charge in [0.25, 0.3) is 5.91 Å². The van der Waals surface area contributed by atoms with Gasteiger partial charge in [0.15, 0.2) is 5.69 Å². The second-order valence-electron chi connectivity index (χ2n) is 4.39. The van der Waals surface area contributed by atoms with Crippen LogP contribution >= 0.6 is 22.9 Å². The lowest BCUT2D eigenvalue weighted by atomic mass is 10.2. The maximum absolute atomic E-state index is 11.9. The lowest BCUT2D eigenvalue weighted by Crippen LogP contribution is -2.17. The van der Waals surface area contributed by atoms with Gasteiger partial charge in [0.2, 0.25) is 0 Å². The van der Waals surface area contributed by atoms with E-state index in [1.165, 1.54) is 0 Å². The molecule has 2 N–H and O–H groups in total. The molecule has 0 fully saturated rings. The Morgan fingerprint density at radius 3 is 2.86 bits per heavy atom. The van der Waals surface area contributed by atoms with Crippen molar-refractivity contribution in [3.63, 3.8) is 0 Å². The first kappa shape index (κ1) is 14.5. The maximum Gasteiger partial charge on any atom is 0.291 e. The molecule has 5 nitrogen and oxygen atoms in total. The molecule has 0 saturated heterocycles. The van der Waals surface area contributed by atoms with Gasteiger partial charge in [-0.1, -0.05) is 29.8 Å². The predicted octanol–water partition coefficient (Wildman–Crippen LogP) is 3.56. The summed E-state index contributed by atoms with van der Waals surface area (Å²) in [7, 11) is 0. The number of aromatic nitrogens is 2. The van der Waals surface area contributed by atoms with Crippen molar-refractivity contribution >= 4 is 35.1 Å². The highest BCUT2D eigenvalue weighted by Gasteiger charge is 2.10. The fraction of sp³-hybridized carbons (Fsp3) is 0. The second kappa shape index (κ2) is 6.55. The van der Waals surface area contributed by atoms with Crippen molar-refractivity contribution in [1.82, 2.24) is 15.6 Å². The fourth-order valence-electron chi connectivity index (χ4n) is 1.77. The minimum Gasteiger partial charge on any atom is -0.276 e. The molecule has 3 rings (SSSR count). The van der Waals surface area contributed by atoms with Crippen LogP contribution in [0.2, 0.25) is 5.02 Å². The van der Waals surface area contributed by atoms with Crippen molar-refractivity contribution in [3.8, 4) is 10.6 Å². The number of hydrogen-bond acceptors (Lipinski definition) is 4. The van der Waals surface area contributed by atoms with E-state index in [0.29, 0.717) is 5.02 Å². The van der Waals surface area contributed by atoms with Crippen molar-refractivity contribution in [2.24, 2.45) is 5.10 Å². The molecule has 22 heavy (non-hydrogen) atoms. The molecular weight excluding hydrogens is 320 g/mol. The smallest absolute Gasteiger partial charge is 0.276 e. The molecule has 0 atom stereocenters. The molecule has 0 saturated carbocycles. The van der Waals surface area contributed by atoms with Gasteiger partial charge in [-0.3, -0.25) is 9.89 Å². The number of H-pyrrole nitrogens is 1. The second-order valence-corrected chi connectivity index (χ2v) is 5.78. The van der Waals surface area contributed by atoms with Crippen LogP contribution in [0, 0.1) is 0 Å². The number of aromatic amines is 1. The van der Waals surface area contributed by atoms with E-state index in [1.54, 1.807) is 47.9 Å². The van der Waals surface area contributed by atoms with Crippen LogP contribution in [0.5, 0.6) is 0 Å². The van der Waals surface area contributed by atoms with Crippen LogP contribution in [0.25, 0.3) is 10.6 Å². The molecule has 1 aromatic carbocycles. The quantitative estimate of drug-likeness (QED) is 0.567. The third kappa shape index (κ3) is 3.41. The van der Waals surface area contributed by atoms with E-state index in [9.17, 15) is 4.79 Å². The number of halogens is 1. The molecule has 0 aliphatic carbocycles. The Kier molecular flexibility index (Phi) is 4.32. The van der Waals surface area contributed by atoms with E-state index in [4.69, 9.17) is 11.6 Å². The number of nitrogens with zero attached hydrogens (tertiary/aromatic N) is 2. The zero-order chi connectivity index (χ0) is 15.4. The molecule has 0 aliphatic heterocycles. The van der Waals surface area contributed by atoms with Crippen LogP contribution in [0.4, 0.5) is 0 Å². The summed E-state index contributed by atoms with van der Waals surface area (Å²) in [5.74, 6) is -0.371. The molecule has 2 heterocycles. The van der Waals surface area contributed by atoms with Gasteiger partial charge in [0.1, 0.15) is 0 Å². The van der Waals surface area contributed by atoms with Gasteiger partial charge in [-0.2, -0.15) is 10.2 Å². The third-order valence-electron chi connectivity index (χ3n) is 2.85. The van der Waals surface area contributed by atoms with Crippen molar-refractivity contribution in [2.45, 2.75) is 0 Å². The Morgan fingerprint density at radius 1 is 1.32 bits per heavy atom. The Balaban J connectivity index is 1.63. The Bertz CT molecular complexity index is 793. The number of thiophene rings is 1. The van der Waals surface area contributed by atoms with Gasteiger partial charge in [0.05, 0.1) is 16.8 Å². The zero-order valence-corrected chi connectivity index (χ0v) is 12.9. The van der Waals surface area contributed by atoms with E-state index in [2.05, 4.69) is 20.7 Å². The number of carbonyl (C=O) groups excluding carboxylic acids is 1. The van der Waals surface area contributed by atoms with E-state index in [0.717, 1.165) is 16.1 Å². The molecule has 1 amide bonds. The molecule has 0 radical (unpaired) electrons. The largest absolute Gasteiger partial charge is 0.291 e. The van der Waals surface area contributed by atoms with Gasteiger partial charge in [0, 0.05) is 5.02 Å². The highest BCUT2D eigenvalue weighted by atomic mass is 35.5. The van der Waals surface area contributed by atoms with Crippen LogP contribution in [-0.2, 0) is 0 Å². The molecule has 0 aliphatic rings. The Labute approximate surface area is 135 Å². The summed E-state index contributed by atoms with van der Waals surface area (Å²) in [6, 6.07) is 12.7. The van der Waals surface area contributed by atoms with Crippen LogP contribution in [0.3, 0.4) is 0 Å². The number of hydrogen-bond donors (Lipinski definition) is 2. The van der Waals surface area contributed by atoms with Gasteiger partial charge in [-0.25, -0.2) is 5.43 Å². The monoisotopic (exact) mass is 330 g/mol. The molecule has 3 aromatic rings. The van der Waals surface area contributed by atoms with E-state index >= 15 is 0 Å². The normalized spacial score (nSPS) is 11.0. The number of nitrogens with one attached hydrogen (secondary N) is 2. The summed E-state index contributed by atoms with van der Waals surface area (Å²) in [6.07, 6.45) is 1.54. The summed E-state index contributed by atoms with van der Waals surface area (Å²) in [4.78, 5) is 13.0. The highest BCUT2D eigenvalue weighted by molar-refractivity contribution is 7.13. The molecule has 0 unspecified atom stereocenters. The van der Waals surface area contributed by atoms with Crippen LogP contribution < -0.4 is 5.43 Å². The summed E-state index contributed by atoms with van der Waals surface area (Å²) >= 11 is 7.37. The minimum atomic E-state index is -0.371. The Hall–Kier alpha value is -2.44. The predicted molar refractivity (Wildman–Crippen MR) is 88.4 cm³/mol. The van der Waals surface area contributed by atoms with Crippen molar-refractivity contribution in [1.29, 1.82) is 0 Å². The number of rotatable bonds is 4. The zero-order valence-electron chi connectivity index (χ0n) is 11.3. The van der Waals surface area contributed by atoms with E-state index < -0.39 is 0 Å². The fourth-order valence-corrected chi connectivity index (χ4v) is 2.59. The highest BCUT2D eigenvalue weighted by Crippen LogP contribution is 2.22. The standard InChI is InChI=1S/C15H11ClN4OS/c16-11-5-3-10(4-6-11)9-17-20-15(21)13-8-12(18-19-13)14-2-1-7-22-14/h1-9H,(H,18,19)(H,20,21). The average Bonchev–Trinajstić information content (AvgIpc) is 3.20. The first-order valence-electron chi connectivity index (χ1n) is 6.40. The number of carbonyl (C=O) groups is 1. The molecule has 110 valence electrons. The number of benzene rings is 1. The van der Waals surface area contributed by atoms with Crippen molar-refractivity contribution in [3.05, 3.63) is 64.1 Å². The van der Waals surface area contributed by atoms with Crippen LogP contribution in [0.15, 0.2) is 52.9 Å². The molecular formula is C15H11ClN4OS. The summed E-state index contributed by atoms with van der Waals surface area (Å²) in [5.41, 5.74) is 4.37. The SMILES string of the molecule is O=C(NN=Cc1ccc(Cl)cc1)c1cc(-c2cccs2)[nH]n1. The van der Waals surface area contributed by atoms with Gasteiger partial charge in [-0.15, -0.1) is 11.3 Å². The third-order valence-corrected chi connectivity index (χ3v) is 4.00. The van der Waals surface area contributed by atoms with Gasteiger partial charge >= 0.3 is 0 Å². The van der Waals surface area contributed by atoms with E-state index in [-0.39, 0.29) is 11.6 Å². The number of hydrazone groups is 1. The number of amides is 1. The van der Waals surface area contributed by atoms with Gasteiger partial charge < -0.3 is 0 Å². The molecule has 7 heteroatoms. The molecule has 2 aromatic heterocycles. The minimum absolute atomic E-state index is 0.289. The lowest BCUT2D eigenvalue weighted by Gasteiger charge is -1.95. The molecule has 0 bridgehead atoms. The molecule has 0 spiro atoms. The van der Waals surface area contributed by atoms with Crippen LogP contribution in [0.1, 0.15) is 16.1 Å². The summed E-state index contributed by atoms with van der Waals surface area (Å²) < 4.78 is 0. The summed E-state index contributed by atoms with van der Waals surface area (Å²) in [5, 5.41) is 13.3. The van der Waals surface area contributed by atoms with E-state index in [1.807, 2.05) is 17.5 Å². The van der Waals surface area contributed by atoms with Crippen molar-refractivity contribution < 1.29 is 4.79 Å². The van der Waals surface area contributed by atoms with Crippen molar-refractivity contribution in [2.75, 3.05) is 0 Å². The Morgan fingerprint density at radius 2 is 2.14 bits per heavy atom. The average molecular weight is 331 g/mol. The first-order valence-corrected chi connectivity index (χ1v) is 7.66. The van der Waals surface area contributed by atoms with Crippen LogP contribution in [-0.4, -0.2) is 22.3 Å².